The molecule has 0 unspecified atom stereocenters. The molecule has 0 aliphatic heterocycles. The van der Waals surface area contributed by atoms with Crippen molar-refractivity contribution in [2.24, 2.45) is 11.7 Å². The lowest BCUT2D eigenvalue weighted by Gasteiger charge is -2.28. The van der Waals surface area contributed by atoms with Gasteiger partial charge in [0.15, 0.2) is 5.13 Å². The van der Waals surface area contributed by atoms with Crippen LogP contribution in [0.3, 0.4) is 0 Å². The van der Waals surface area contributed by atoms with Crippen molar-refractivity contribution in [3.05, 3.63) is 54.2 Å². The summed E-state index contributed by atoms with van der Waals surface area (Å²) in [7, 11) is -3.58. The number of rotatable bonds is 6. The molecule has 1 aromatic carbocycles. The average molecular weight is 453 g/mol. The van der Waals surface area contributed by atoms with Gasteiger partial charge in [-0.15, -0.1) is 23.7 Å². The Kier molecular flexibility index (Phi) is 7.00. The third-order valence-corrected chi connectivity index (χ3v) is 7.72. The minimum absolute atomic E-state index is 0. The summed E-state index contributed by atoms with van der Waals surface area (Å²) in [5.74, 6) is 0.649. The highest BCUT2D eigenvalue weighted by Crippen LogP contribution is 2.30. The predicted octanol–water partition coefficient (Wildman–Crippen LogP) is 4.20. The molecule has 0 bridgehead atoms. The maximum absolute atomic E-state index is 12.7. The molecule has 0 atom stereocenters. The van der Waals surface area contributed by atoms with Gasteiger partial charge in [-0.25, -0.2) is 17.4 Å². The Morgan fingerprint density at radius 3 is 2.55 bits per heavy atom. The van der Waals surface area contributed by atoms with Gasteiger partial charge in [0.05, 0.1) is 10.6 Å². The number of hydrogen-bond acceptors (Lipinski definition) is 6. The zero-order chi connectivity index (χ0) is 19.6. The van der Waals surface area contributed by atoms with Crippen LogP contribution in [0.4, 0.5) is 5.13 Å². The van der Waals surface area contributed by atoms with E-state index in [0.717, 1.165) is 48.6 Å². The number of benzene rings is 1. The van der Waals surface area contributed by atoms with Crippen molar-refractivity contribution in [2.45, 2.75) is 36.6 Å². The van der Waals surface area contributed by atoms with E-state index in [2.05, 4.69) is 10.3 Å². The van der Waals surface area contributed by atoms with Gasteiger partial charge in [0.1, 0.15) is 0 Å². The van der Waals surface area contributed by atoms with Crippen molar-refractivity contribution in [1.29, 1.82) is 0 Å². The predicted molar refractivity (Wildman–Crippen MR) is 120 cm³/mol. The van der Waals surface area contributed by atoms with Crippen LogP contribution in [-0.4, -0.2) is 30.0 Å². The number of nitrogens with one attached hydrogen (secondary N) is 1. The average Bonchev–Trinajstić information content (AvgIpc) is 3.39. The summed E-state index contributed by atoms with van der Waals surface area (Å²) in [5, 5.41) is 6.36. The molecule has 4 rings (SSSR count). The van der Waals surface area contributed by atoms with Crippen molar-refractivity contribution < 1.29 is 8.42 Å². The third-order valence-electron chi connectivity index (χ3n) is 5.29. The highest BCUT2D eigenvalue weighted by atomic mass is 35.5. The Morgan fingerprint density at radius 2 is 1.86 bits per heavy atom. The van der Waals surface area contributed by atoms with Crippen molar-refractivity contribution in [1.82, 2.24) is 8.96 Å². The normalized spacial score (nSPS) is 19.5. The van der Waals surface area contributed by atoms with Crippen LogP contribution < -0.4 is 11.1 Å². The van der Waals surface area contributed by atoms with E-state index in [9.17, 15) is 8.42 Å². The van der Waals surface area contributed by atoms with Gasteiger partial charge in [-0.05, 0) is 56.3 Å². The van der Waals surface area contributed by atoms with Crippen LogP contribution in [0.2, 0.25) is 0 Å². The first-order valence-corrected chi connectivity index (χ1v) is 11.8. The number of nitrogens with zero attached hydrogens (tertiary/aromatic N) is 2. The van der Waals surface area contributed by atoms with Crippen molar-refractivity contribution >= 4 is 38.9 Å². The van der Waals surface area contributed by atoms with Crippen LogP contribution >= 0.6 is 23.7 Å². The standard InChI is InChI=1S/C20H24N4O2S2.ClH/c21-12-15-6-8-17(9-7-15)22-20-23-19(14-27-20)16-10-11-24(13-16)28(25,26)18-4-2-1-3-5-18;/h1-5,10-11,13-15,17H,6-9,12,21H2,(H,22,23);1H. The van der Waals surface area contributed by atoms with Crippen LogP contribution in [0.1, 0.15) is 25.7 Å². The molecule has 1 fully saturated rings. The molecular formula is C20H25ClN4O2S2. The molecule has 3 aromatic rings. The maximum atomic E-state index is 12.7. The summed E-state index contributed by atoms with van der Waals surface area (Å²) in [6.45, 7) is 0.775. The SMILES string of the molecule is Cl.NCC1CCC(Nc2nc(-c3ccn(S(=O)(=O)c4ccccc4)c3)cs2)CC1. The number of thiazole rings is 1. The minimum atomic E-state index is -3.58. The summed E-state index contributed by atoms with van der Waals surface area (Å²) in [4.78, 5) is 4.93. The fourth-order valence-corrected chi connectivity index (χ4v) is 5.60. The lowest BCUT2D eigenvalue weighted by molar-refractivity contribution is 0.345. The van der Waals surface area contributed by atoms with Crippen molar-refractivity contribution in [2.75, 3.05) is 11.9 Å². The number of aromatic nitrogens is 2. The highest BCUT2D eigenvalue weighted by molar-refractivity contribution is 7.90. The topological polar surface area (TPSA) is 90.0 Å². The maximum Gasteiger partial charge on any atom is 0.267 e. The molecule has 3 N–H and O–H groups in total. The molecule has 0 radical (unpaired) electrons. The summed E-state index contributed by atoms with van der Waals surface area (Å²) in [6.07, 6.45) is 7.73. The molecule has 29 heavy (non-hydrogen) atoms. The van der Waals surface area contributed by atoms with E-state index in [1.165, 1.54) is 3.97 Å². The Balaban J connectivity index is 0.00000240. The lowest BCUT2D eigenvalue weighted by Crippen LogP contribution is -2.29. The van der Waals surface area contributed by atoms with Crippen LogP contribution in [0.25, 0.3) is 11.3 Å². The van der Waals surface area contributed by atoms with Gasteiger partial charge >= 0.3 is 0 Å². The van der Waals surface area contributed by atoms with E-state index in [4.69, 9.17) is 5.73 Å². The number of nitrogens with two attached hydrogens (primary N) is 1. The first-order chi connectivity index (χ1) is 13.6. The molecule has 9 heteroatoms. The van der Waals surface area contributed by atoms with Gasteiger partial charge in [0.2, 0.25) is 0 Å². The lowest BCUT2D eigenvalue weighted by atomic mass is 9.86. The number of hydrogen-bond donors (Lipinski definition) is 2. The number of halogens is 1. The molecule has 1 aliphatic carbocycles. The van der Waals surface area contributed by atoms with Crippen LogP contribution in [0, 0.1) is 5.92 Å². The summed E-state index contributed by atoms with van der Waals surface area (Å²) < 4.78 is 26.7. The zero-order valence-corrected chi connectivity index (χ0v) is 18.3. The summed E-state index contributed by atoms with van der Waals surface area (Å²) >= 11 is 1.55. The molecule has 2 heterocycles. The Labute approximate surface area is 181 Å². The fraction of sp³-hybridized carbons (Fsp3) is 0.350. The van der Waals surface area contributed by atoms with E-state index in [1.807, 2.05) is 5.38 Å². The molecule has 1 aliphatic rings. The van der Waals surface area contributed by atoms with E-state index in [-0.39, 0.29) is 17.3 Å². The quantitative estimate of drug-likeness (QED) is 0.585. The third kappa shape index (κ3) is 4.83. The van der Waals surface area contributed by atoms with E-state index in [1.54, 1.807) is 60.1 Å². The van der Waals surface area contributed by atoms with Crippen molar-refractivity contribution in [3.63, 3.8) is 0 Å². The van der Waals surface area contributed by atoms with Gasteiger partial charge in [-0.2, -0.15) is 0 Å². The molecule has 0 amide bonds. The van der Waals surface area contributed by atoms with Gasteiger partial charge in [0, 0.05) is 29.4 Å². The molecule has 2 aromatic heterocycles. The Hall–Kier alpha value is -1.87. The Bertz CT molecular complexity index is 1030. The fourth-order valence-electron chi connectivity index (χ4n) is 3.58. The summed E-state index contributed by atoms with van der Waals surface area (Å²) in [6, 6.07) is 10.6. The molecule has 0 saturated heterocycles. The van der Waals surface area contributed by atoms with E-state index in [0.29, 0.717) is 12.0 Å². The monoisotopic (exact) mass is 452 g/mol. The molecular weight excluding hydrogens is 428 g/mol. The molecule has 1 saturated carbocycles. The Morgan fingerprint density at radius 1 is 1.14 bits per heavy atom. The van der Waals surface area contributed by atoms with Gasteiger partial charge in [-0.3, -0.25) is 0 Å². The van der Waals surface area contributed by atoms with Gasteiger partial charge in [0.25, 0.3) is 10.0 Å². The van der Waals surface area contributed by atoms with Gasteiger partial charge < -0.3 is 11.1 Å². The molecule has 156 valence electrons. The van der Waals surface area contributed by atoms with E-state index < -0.39 is 10.0 Å². The molecule has 6 nitrogen and oxygen atoms in total. The molecule has 0 spiro atoms. The second-order valence-corrected chi connectivity index (χ2v) is 9.89. The summed E-state index contributed by atoms with van der Waals surface area (Å²) in [5.41, 5.74) is 7.33. The first kappa shape index (κ1) is 21.8. The smallest absolute Gasteiger partial charge is 0.267 e. The van der Waals surface area contributed by atoms with Gasteiger partial charge in [-0.1, -0.05) is 18.2 Å². The second kappa shape index (κ2) is 9.30. The highest BCUT2D eigenvalue weighted by Gasteiger charge is 2.21. The largest absolute Gasteiger partial charge is 0.359 e. The second-order valence-electron chi connectivity index (χ2n) is 7.18. The zero-order valence-electron chi connectivity index (χ0n) is 15.9. The first-order valence-electron chi connectivity index (χ1n) is 9.47. The van der Waals surface area contributed by atoms with Crippen molar-refractivity contribution in [3.8, 4) is 11.3 Å². The minimum Gasteiger partial charge on any atom is -0.359 e. The van der Waals surface area contributed by atoms with Crippen LogP contribution in [-0.2, 0) is 10.0 Å². The van der Waals surface area contributed by atoms with Crippen LogP contribution in [0.15, 0.2) is 59.1 Å². The van der Waals surface area contributed by atoms with Crippen LogP contribution in [0.5, 0.6) is 0 Å². The number of anilines is 1. The van der Waals surface area contributed by atoms with E-state index >= 15 is 0 Å².